The van der Waals surface area contributed by atoms with Gasteiger partial charge in [0.15, 0.2) is 0 Å². The fourth-order valence-corrected chi connectivity index (χ4v) is 2.18. The first-order valence-electron chi connectivity index (χ1n) is 6.47. The number of carbonyl (C=O) groups is 2. The second-order valence-electron chi connectivity index (χ2n) is 4.74. The van der Waals surface area contributed by atoms with Crippen molar-refractivity contribution < 1.29 is 19.4 Å². The molecule has 1 heterocycles. The highest BCUT2D eigenvalue weighted by molar-refractivity contribution is 5.98. The van der Waals surface area contributed by atoms with E-state index in [0.717, 1.165) is 0 Å². The molecule has 1 aromatic carbocycles. The number of nitrogens with zero attached hydrogens (tertiary/aromatic N) is 1. The highest BCUT2D eigenvalue weighted by Crippen LogP contribution is 2.24. The van der Waals surface area contributed by atoms with Crippen LogP contribution in [0.2, 0.25) is 0 Å². The first-order valence-corrected chi connectivity index (χ1v) is 6.47. The van der Waals surface area contributed by atoms with Crippen molar-refractivity contribution in [2.75, 3.05) is 32.1 Å². The Balaban J connectivity index is 1.94. The number of methoxy groups -OCH3 is 1. The molecule has 1 saturated heterocycles. The highest BCUT2D eigenvalue weighted by atomic mass is 16.5. The fraction of sp³-hybridized carbons (Fsp3) is 0.429. The standard InChI is InChI=1S/C14H18N2O4/c1-20-7-6-16-9-10(8-13(16)18)14(19)15-11-4-2-3-5-12(11)17/h2-5,10,17H,6-9H2,1H3,(H,15,19). The van der Waals surface area contributed by atoms with Gasteiger partial charge in [-0.05, 0) is 12.1 Å². The van der Waals surface area contributed by atoms with Crippen LogP contribution in [0.5, 0.6) is 5.75 Å². The van der Waals surface area contributed by atoms with Crippen LogP contribution in [-0.2, 0) is 14.3 Å². The Morgan fingerprint density at radius 3 is 2.95 bits per heavy atom. The lowest BCUT2D eigenvalue weighted by Crippen LogP contribution is -2.30. The molecule has 1 aliphatic rings. The van der Waals surface area contributed by atoms with Gasteiger partial charge in [-0.25, -0.2) is 0 Å². The number of nitrogens with one attached hydrogen (secondary N) is 1. The number of amides is 2. The minimum absolute atomic E-state index is 0.0152. The van der Waals surface area contributed by atoms with Gasteiger partial charge in [0.05, 0.1) is 18.2 Å². The van der Waals surface area contributed by atoms with Gasteiger partial charge in [-0.1, -0.05) is 12.1 Å². The summed E-state index contributed by atoms with van der Waals surface area (Å²) in [6, 6.07) is 6.52. The van der Waals surface area contributed by atoms with Crippen LogP contribution in [0.15, 0.2) is 24.3 Å². The van der Waals surface area contributed by atoms with E-state index in [0.29, 0.717) is 25.4 Å². The van der Waals surface area contributed by atoms with Gasteiger partial charge in [0.25, 0.3) is 0 Å². The number of likely N-dealkylation sites (tertiary alicyclic amines) is 1. The maximum Gasteiger partial charge on any atom is 0.229 e. The molecule has 2 rings (SSSR count). The normalized spacial score (nSPS) is 18.4. The molecule has 1 unspecified atom stereocenters. The van der Waals surface area contributed by atoms with E-state index in [1.165, 1.54) is 6.07 Å². The van der Waals surface area contributed by atoms with Crippen molar-refractivity contribution in [3.05, 3.63) is 24.3 Å². The summed E-state index contributed by atoms with van der Waals surface area (Å²) in [4.78, 5) is 25.5. The van der Waals surface area contributed by atoms with E-state index >= 15 is 0 Å². The molecule has 0 radical (unpaired) electrons. The first kappa shape index (κ1) is 14.3. The molecule has 0 aliphatic carbocycles. The molecule has 108 valence electrons. The third-order valence-electron chi connectivity index (χ3n) is 3.31. The number of anilines is 1. The Bertz CT molecular complexity index is 504. The van der Waals surface area contributed by atoms with Crippen LogP contribution in [0, 0.1) is 5.92 Å². The number of para-hydroxylation sites is 2. The first-order chi connectivity index (χ1) is 9.61. The van der Waals surface area contributed by atoms with Crippen molar-refractivity contribution in [1.82, 2.24) is 4.90 Å². The van der Waals surface area contributed by atoms with E-state index in [9.17, 15) is 14.7 Å². The molecule has 0 aromatic heterocycles. The molecule has 0 saturated carbocycles. The lowest BCUT2D eigenvalue weighted by molar-refractivity contribution is -0.128. The van der Waals surface area contributed by atoms with Crippen LogP contribution in [0.1, 0.15) is 6.42 Å². The number of carbonyl (C=O) groups excluding carboxylic acids is 2. The molecule has 1 aliphatic heterocycles. The van der Waals surface area contributed by atoms with E-state index < -0.39 is 0 Å². The zero-order valence-corrected chi connectivity index (χ0v) is 11.3. The molecule has 6 heteroatoms. The van der Waals surface area contributed by atoms with Crippen molar-refractivity contribution in [3.63, 3.8) is 0 Å². The third-order valence-corrected chi connectivity index (χ3v) is 3.31. The van der Waals surface area contributed by atoms with E-state index in [4.69, 9.17) is 4.74 Å². The minimum atomic E-state index is -0.390. The van der Waals surface area contributed by atoms with Crippen LogP contribution in [0.3, 0.4) is 0 Å². The Kier molecular flexibility index (Phi) is 4.57. The van der Waals surface area contributed by atoms with Crippen molar-refractivity contribution in [1.29, 1.82) is 0 Å². The number of benzene rings is 1. The van der Waals surface area contributed by atoms with Gasteiger partial charge in [0.1, 0.15) is 5.75 Å². The Labute approximate surface area is 117 Å². The molecule has 20 heavy (non-hydrogen) atoms. The maximum atomic E-state index is 12.1. The van der Waals surface area contributed by atoms with Crippen LogP contribution in [0.4, 0.5) is 5.69 Å². The van der Waals surface area contributed by atoms with Gasteiger partial charge in [-0.15, -0.1) is 0 Å². The minimum Gasteiger partial charge on any atom is -0.506 e. The number of rotatable bonds is 5. The summed E-state index contributed by atoms with van der Waals surface area (Å²) in [6.45, 7) is 1.34. The number of hydrogen-bond acceptors (Lipinski definition) is 4. The smallest absolute Gasteiger partial charge is 0.229 e. The molecule has 1 fully saturated rings. The number of ether oxygens (including phenoxy) is 1. The summed E-state index contributed by atoms with van der Waals surface area (Å²) in [5, 5.41) is 12.3. The monoisotopic (exact) mass is 278 g/mol. The van der Waals surface area contributed by atoms with E-state index in [-0.39, 0.29) is 29.9 Å². The average Bonchev–Trinajstić information content (AvgIpc) is 2.80. The summed E-state index contributed by atoms with van der Waals surface area (Å²) >= 11 is 0. The zero-order chi connectivity index (χ0) is 14.5. The zero-order valence-electron chi connectivity index (χ0n) is 11.3. The lowest BCUT2D eigenvalue weighted by Gasteiger charge is -2.16. The quantitative estimate of drug-likeness (QED) is 0.782. The number of phenols is 1. The van der Waals surface area contributed by atoms with E-state index in [1.54, 1.807) is 30.2 Å². The Morgan fingerprint density at radius 1 is 1.50 bits per heavy atom. The van der Waals surface area contributed by atoms with E-state index in [1.807, 2.05) is 0 Å². The topological polar surface area (TPSA) is 78.9 Å². The predicted molar refractivity (Wildman–Crippen MR) is 73.3 cm³/mol. The lowest BCUT2D eigenvalue weighted by atomic mass is 10.1. The largest absolute Gasteiger partial charge is 0.506 e. The fourth-order valence-electron chi connectivity index (χ4n) is 2.18. The van der Waals surface area contributed by atoms with Gasteiger partial charge >= 0.3 is 0 Å². The second-order valence-corrected chi connectivity index (χ2v) is 4.74. The molecule has 1 atom stereocenters. The average molecular weight is 278 g/mol. The molecule has 0 bridgehead atoms. The summed E-state index contributed by atoms with van der Waals surface area (Å²) in [5.74, 6) is -0.667. The van der Waals surface area contributed by atoms with Gasteiger partial charge in [-0.3, -0.25) is 9.59 Å². The SMILES string of the molecule is COCCN1CC(C(=O)Nc2ccccc2O)CC1=O. The number of phenolic OH excluding ortho intramolecular Hbond substituents is 1. The second kappa shape index (κ2) is 6.38. The molecular formula is C14H18N2O4. The summed E-state index contributed by atoms with van der Waals surface area (Å²) in [7, 11) is 1.57. The van der Waals surface area contributed by atoms with Gasteiger partial charge in [0.2, 0.25) is 11.8 Å². The number of aromatic hydroxyl groups is 1. The molecule has 6 nitrogen and oxygen atoms in total. The van der Waals surface area contributed by atoms with Gasteiger partial charge in [-0.2, -0.15) is 0 Å². The van der Waals surface area contributed by atoms with Gasteiger partial charge in [0, 0.05) is 26.6 Å². The van der Waals surface area contributed by atoms with Crippen LogP contribution >= 0.6 is 0 Å². The van der Waals surface area contributed by atoms with Crippen LogP contribution in [0.25, 0.3) is 0 Å². The van der Waals surface area contributed by atoms with Crippen molar-refractivity contribution in [3.8, 4) is 5.75 Å². The van der Waals surface area contributed by atoms with Crippen molar-refractivity contribution >= 4 is 17.5 Å². The third kappa shape index (κ3) is 3.27. The van der Waals surface area contributed by atoms with Crippen molar-refractivity contribution in [2.45, 2.75) is 6.42 Å². The predicted octanol–water partition coefficient (Wildman–Crippen LogP) is 0.826. The molecular weight excluding hydrogens is 260 g/mol. The summed E-state index contributed by atoms with van der Waals surface area (Å²) in [6.07, 6.45) is 0.198. The van der Waals surface area contributed by atoms with Crippen LogP contribution < -0.4 is 5.32 Å². The molecule has 2 N–H and O–H groups in total. The highest BCUT2D eigenvalue weighted by Gasteiger charge is 2.34. The molecule has 0 spiro atoms. The molecule has 1 aromatic rings. The molecule has 2 amide bonds. The van der Waals surface area contributed by atoms with Gasteiger partial charge < -0.3 is 20.1 Å². The van der Waals surface area contributed by atoms with E-state index in [2.05, 4.69) is 5.32 Å². The Morgan fingerprint density at radius 2 is 2.25 bits per heavy atom. The summed E-state index contributed by atoms with van der Waals surface area (Å²) in [5.41, 5.74) is 0.361. The maximum absolute atomic E-state index is 12.1. The van der Waals surface area contributed by atoms with Crippen LogP contribution in [-0.4, -0.2) is 48.6 Å². The van der Waals surface area contributed by atoms with Crippen molar-refractivity contribution in [2.24, 2.45) is 5.92 Å². The number of hydrogen-bond donors (Lipinski definition) is 2. The Hall–Kier alpha value is -2.08. The summed E-state index contributed by atoms with van der Waals surface area (Å²) < 4.78 is 4.93.